The molecule has 0 aliphatic heterocycles. The number of carboxylic acid groups (broad SMARTS) is 1. The molecule has 2 aromatic carbocycles. The summed E-state index contributed by atoms with van der Waals surface area (Å²) in [5.74, 6) is -0.814. The zero-order valence-corrected chi connectivity index (χ0v) is 10.5. The van der Waals surface area contributed by atoms with Gasteiger partial charge in [-0.05, 0) is 35.9 Å². The van der Waals surface area contributed by atoms with Gasteiger partial charge in [-0.25, -0.2) is 0 Å². The van der Waals surface area contributed by atoms with Crippen molar-refractivity contribution in [2.75, 3.05) is 5.73 Å². The fourth-order valence-corrected chi connectivity index (χ4v) is 2.45. The van der Waals surface area contributed by atoms with Gasteiger partial charge in [0.2, 0.25) is 0 Å². The quantitative estimate of drug-likeness (QED) is 0.828. The molecule has 0 fully saturated rings. The van der Waals surface area contributed by atoms with Crippen molar-refractivity contribution in [3.63, 3.8) is 0 Å². The largest absolute Gasteiger partial charge is 0.481 e. The lowest BCUT2D eigenvalue weighted by Crippen LogP contribution is -1.99. The molecule has 0 aliphatic carbocycles. The molecule has 3 N–H and O–H groups in total. The third kappa shape index (κ3) is 3.53. The van der Waals surface area contributed by atoms with Crippen LogP contribution in [-0.2, 0) is 11.2 Å². The SMILES string of the molecule is Nc1cccc(Sc2ccc(CC(=O)O)cc2)c1. The second kappa shape index (κ2) is 5.60. The monoisotopic (exact) mass is 259 g/mol. The van der Waals surface area contributed by atoms with Crippen molar-refractivity contribution in [3.8, 4) is 0 Å². The highest BCUT2D eigenvalue weighted by Crippen LogP contribution is 2.28. The first-order valence-corrected chi connectivity index (χ1v) is 6.29. The van der Waals surface area contributed by atoms with Crippen molar-refractivity contribution in [2.24, 2.45) is 0 Å². The van der Waals surface area contributed by atoms with E-state index in [-0.39, 0.29) is 6.42 Å². The molecule has 0 saturated carbocycles. The van der Waals surface area contributed by atoms with Gasteiger partial charge in [0.05, 0.1) is 6.42 Å². The van der Waals surface area contributed by atoms with Gasteiger partial charge in [-0.15, -0.1) is 0 Å². The van der Waals surface area contributed by atoms with E-state index in [9.17, 15) is 4.79 Å². The topological polar surface area (TPSA) is 63.3 Å². The van der Waals surface area contributed by atoms with Crippen molar-refractivity contribution in [2.45, 2.75) is 16.2 Å². The summed E-state index contributed by atoms with van der Waals surface area (Å²) in [4.78, 5) is 12.7. The van der Waals surface area contributed by atoms with Crippen LogP contribution in [0.3, 0.4) is 0 Å². The molecule has 0 spiro atoms. The molecule has 0 amide bonds. The van der Waals surface area contributed by atoms with E-state index in [2.05, 4.69) is 0 Å². The first-order valence-electron chi connectivity index (χ1n) is 5.47. The van der Waals surface area contributed by atoms with Crippen molar-refractivity contribution in [1.82, 2.24) is 0 Å². The molecule has 2 aromatic rings. The molecule has 0 bridgehead atoms. The van der Waals surface area contributed by atoms with E-state index in [1.54, 1.807) is 11.8 Å². The highest BCUT2D eigenvalue weighted by molar-refractivity contribution is 7.99. The second-order valence-electron chi connectivity index (χ2n) is 3.89. The molecule has 0 unspecified atom stereocenters. The first-order chi connectivity index (χ1) is 8.63. The van der Waals surface area contributed by atoms with Gasteiger partial charge in [-0.2, -0.15) is 0 Å². The van der Waals surface area contributed by atoms with Gasteiger partial charge in [-0.1, -0.05) is 30.0 Å². The van der Waals surface area contributed by atoms with Crippen LogP contribution >= 0.6 is 11.8 Å². The fraction of sp³-hybridized carbons (Fsp3) is 0.0714. The predicted octanol–water partition coefficient (Wildman–Crippen LogP) is 3.05. The summed E-state index contributed by atoms with van der Waals surface area (Å²) in [6, 6.07) is 15.2. The van der Waals surface area contributed by atoms with E-state index in [0.29, 0.717) is 0 Å². The van der Waals surface area contributed by atoms with Crippen LogP contribution in [0.1, 0.15) is 5.56 Å². The maximum Gasteiger partial charge on any atom is 0.307 e. The zero-order chi connectivity index (χ0) is 13.0. The van der Waals surface area contributed by atoms with E-state index in [4.69, 9.17) is 10.8 Å². The molecular formula is C14H13NO2S. The van der Waals surface area contributed by atoms with E-state index in [1.165, 1.54) is 0 Å². The Bertz CT molecular complexity index is 552. The molecule has 0 saturated heterocycles. The van der Waals surface area contributed by atoms with Crippen LogP contribution in [-0.4, -0.2) is 11.1 Å². The molecule has 18 heavy (non-hydrogen) atoms. The van der Waals surface area contributed by atoms with Gasteiger partial charge in [-0.3, -0.25) is 4.79 Å². The van der Waals surface area contributed by atoms with Gasteiger partial charge in [0.25, 0.3) is 0 Å². The molecule has 0 atom stereocenters. The van der Waals surface area contributed by atoms with Crippen LogP contribution in [0.4, 0.5) is 5.69 Å². The minimum absolute atomic E-state index is 0.0588. The maximum atomic E-state index is 10.6. The van der Waals surface area contributed by atoms with E-state index < -0.39 is 5.97 Å². The van der Waals surface area contributed by atoms with Crippen molar-refractivity contribution >= 4 is 23.4 Å². The average molecular weight is 259 g/mol. The number of benzene rings is 2. The summed E-state index contributed by atoms with van der Waals surface area (Å²) in [6.45, 7) is 0. The van der Waals surface area contributed by atoms with Gasteiger partial charge in [0.1, 0.15) is 0 Å². The molecule has 0 aromatic heterocycles. The summed E-state index contributed by atoms with van der Waals surface area (Å²) in [5, 5.41) is 8.68. The Morgan fingerprint density at radius 1 is 1.11 bits per heavy atom. The first kappa shape index (κ1) is 12.5. The molecule has 0 radical (unpaired) electrons. The number of carboxylic acids is 1. The summed E-state index contributed by atoms with van der Waals surface area (Å²) in [7, 11) is 0. The second-order valence-corrected chi connectivity index (χ2v) is 5.04. The molecule has 92 valence electrons. The lowest BCUT2D eigenvalue weighted by molar-refractivity contribution is -0.136. The van der Waals surface area contributed by atoms with Gasteiger partial charge in [0, 0.05) is 15.5 Å². The molecule has 4 heteroatoms. The van der Waals surface area contributed by atoms with Crippen molar-refractivity contribution < 1.29 is 9.90 Å². The Morgan fingerprint density at radius 2 is 1.83 bits per heavy atom. The summed E-state index contributed by atoms with van der Waals surface area (Å²) in [6.07, 6.45) is 0.0588. The van der Waals surface area contributed by atoms with E-state index in [0.717, 1.165) is 21.0 Å². The van der Waals surface area contributed by atoms with Gasteiger partial charge >= 0.3 is 5.97 Å². The number of hydrogen-bond donors (Lipinski definition) is 2. The number of nitrogen functional groups attached to an aromatic ring is 1. The number of aliphatic carboxylic acids is 1. The standard InChI is InChI=1S/C14H13NO2S/c15-11-2-1-3-13(9-11)18-12-6-4-10(5-7-12)8-14(16)17/h1-7,9H,8,15H2,(H,16,17). The number of nitrogens with two attached hydrogens (primary N) is 1. The van der Waals surface area contributed by atoms with Crippen LogP contribution in [0.25, 0.3) is 0 Å². The summed E-state index contributed by atoms with van der Waals surface area (Å²) < 4.78 is 0. The minimum Gasteiger partial charge on any atom is -0.481 e. The molecule has 2 rings (SSSR count). The Hall–Kier alpha value is -1.94. The van der Waals surface area contributed by atoms with Gasteiger partial charge < -0.3 is 10.8 Å². The van der Waals surface area contributed by atoms with Crippen LogP contribution in [0.2, 0.25) is 0 Å². The van der Waals surface area contributed by atoms with Crippen molar-refractivity contribution in [1.29, 1.82) is 0 Å². The fourth-order valence-electron chi connectivity index (χ4n) is 1.56. The highest BCUT2D eigenvalue weighted by Gasteiger charge is 2.01. The van der Waals surface area contributed by atoms with E-state index in [1.807, 2.05) is 48.5 Å². The highest BCUT2D eigenvalue weighted by atomic mass is 32.2. The third-order valence-corrected chi connectivity index (χ3v) is 3.37. The Kier molecular flexibility index (Phi) is 3.89. The number of rotatable bonds is 4. The van der Waals surface area contributed by atoms with Crippen LogP contribution in [0.15, 0.2) is 58.3 Å². The van der Waals surface area contributed by atoms with Gasteiger partial charge in [0.15, 0.2) is 0 Å². The van der Waals surface area contributed by atoms with Crippen LogP contribution in [0.5, 0.6) is 0 Å². The lowest BCUT2D eigenvalue weighted by atomic mass is 10.2. The lowest BCUT2D eigenvalue weighted by Gasteiger charge is -2.03. The maximum absolute atomic E-state index is 10.6. The summed E-state index contributed by atoms with van der Waals surface area (Å²) in [5.41, 5.74) is 7.26. The molecule has 0 heterocycles. The molecule has 3 nitrogen and oxygen atoms in total. The zero-order valence-electron chi connectivity index (χ0n) is 9.67. The van der Waals surface area contributed by atoms with Crippen LogP contribution in [0, 0.1) is 0 Å². The Balaban J connectivity index is 2.08. The van der Waals surface area contributed by atoms with Crippen molar-refractivity contribution in [3.05, 3.63) is 54.1 Å². The third-order valence-electron chi connectivity index (χ3n) is 2.37. The Labute approximate surface area is 110 Å². The molecule has 0 aliphatic rings. The smallest absolute Gasteiger partial charge is 0.307 e. The number of anilines is 1. The average Bonchev–Trinajstić information content (AvgIpc) is 2.31. The summed E-state index contributed by atoms with van der Waals surface area (Å²) >= 11 is 1.60. The predicted molar refractivity (Wildman–Crippen MR) is 72.8 cm³/mol. The number of hydrogen-bond acceptors (Lipinski definition) is 3. The van der Waals surface area contributed by atoms with E-state index >= 15 is 0 Å². The molecular weight excluding hydrogens is 246 g/mol. The Morgan fingerprint density at radius 3 is 2.44 bits per heavy atom. The number of carbonyl (C=O) groups is 1. The van der Waals surface area contributed by atoms with Crippen LogP contribution < -0.4 is 5.73 Å². The minimum atomic E-state index is -0.814. The normalized spacial score (nSPS) is 10.2.